The molecular weight excluding hydrogens is 258 g/mol. The van der Waals surface area contributed by atoms with Crippen LogP contribution in [-0.4, -0.2) is 36.3 Å². The number of hydrogen-bond donors (Lipinski definition) is 3. The van der Waals surface area contributed by atoms with Crippen LogP contribution >= 0.6 is 0 Å². The zero-order chi connectivity index (χ0) is 14.5. The van der Waals surface area contributed by atoms with Crippen molar-refractivity contribution in [2.45, 2.75) is 20.8 Å². The summed E-state index contributed by atoms with van der Waals surface area (Å²) in [4.78, 5) is 16.4. The van der Waals surface area contributed by atoms with Gasteiger partial charge in [0.05, 0.1) is 0 Å². The van der Waals surface area contributed by atoms with Crippen LogP contribution < -0.4 is 16.6 Å². The van der Waals surface area contributed by atoms with Gasteiger partial charge in [-0.25, -0.2) is 10.8 Å². The predicted octanol–water partition coefficient (Wildman–Crippen LogP) is 0.442. The zero-order valence-electron chi connectivity index (χ0n) is 11.8. The smallest absolute Gasteiger partial charge is 0.258 e. The average Bonchev–Trinajstić information content (AvgIpc) is 2.98. The van der Waals surface area contributed by atoms with Crippen LogP contribution in [0, 0.1) is 11.8 Å². The van der Waals surface area contributed by atoms with E-state index in [0.717, 1.165) is 6.54 Å². The van der Waals surface area contributed by atoms with Crippen molar-refractivity contribution in [3.05, 3.63) is 12.7 Å². The van der Waals surface area contributed by atoms with Crippen molar-refractivity contribution in [3.63, 3.8) is 0 Å². The van der Waals surface area contributed by atoms with Gasteiger partial charge in [0.25, 0.3) is 5.95 Å². The van der Waals surface area contributed by atoms with Gasteiger partial charge in [0.2, 0.25) is 11.9 Å². The molecule has 0 amide bonds. The molecule has 2 aromatic rings. The first-order chi connectivity index (χ1) is 9.60. The fraction of sp³-hybridized carbons (Fsp3) is 0.545. The summed E-state index contributed by atoms with van der Waals surface area (Å²) in [5.41, 5.74) is 2.42. The summed E-state index contributed by atoms with van der Waals surface area (Å²) >= 11 is 0. The molecule has 9 nitrogen and oxygen atoms in total. The molecule has 1 atom stereocenters. The molecule has 0 saturated heterocycles. The Morgan fingerprint density at radius 3 is 2.55 bits per heavy atom. The van der Waals surface area contributed by atoms with E-state index in [2.05, 4.69) is 56.5 Å². The van der Waals surface area contributed by atoms with E-state index >= 15 is 0 Å². The summed E-state index contributed by atoms with van der Waals surface area (Å²) in [7, 11) is 0. The maximum atomic E-state index is 5.37. The van der Waals surface area contributed by atoms with Crippen LogP contribution in [0.25, 0.3) is 5.95 Å². The Bertz CT molecular complexity index is 537. The van der Waals surface area contributed by atoms with E-state index in [4.69, 9.17) is 5.84 Å². The fourth-order valence-corrected chi connectivity index (χ4v) is 1.41. The third kappa shape index (κ3) is 3.38. The standard InChI is InChI=1S/C11H19N9/c1-7(2)8(3)4-14-9-16-10(19-12)18-11(17-9)20-6-13-5-15-20/h5-8H,4,12H2,1-3H3,(H2,14,16,17,18,19). The Morgan fingerprint density at radius 1 is 1.20 bits per heavy atom. The van der Waals surface area contributed by atoms with Crippen LogP contribution in [0.1, 0.15) is 20.8 Å². The van der Waals surface area contributed by atoms with Crippen molar-refractivity contribution in [1.82, 2.24) is 29.7 Å². The lowest BCUT2D eigenvalue weighted by molar-refractivity contribution is 0.439. The molecule has 0 aliphatic heterocycles. The minimum absolute atomic E-state index is 0.269. The van der Waals surface area contributed by atoms with Crippen molar-refractivity contribution in [2.75, 3.05) is 17.3 Å². The molecular formula is C11H19N9. The van der Waals surface area contributed by atoms with Gasteiger partial charge in [-0.05, 0) is 11.8 Å². The highest BCUT2D eigenvalue weighted by Crippen LogP contribution is 2.12. The Balaban J connectivity index is 2.18. The van der Waals surface area contributed by atoms with Crippen molar-refractivity contribution < 1.29 is 0 Å². The third-order valence-electron chi connectivity index (χ3n) is 3.10. The SMILES string of the molecule is CC(C)C(C)CNc1nc(NN)nc(-n2cncn2)n1. The highest BCUT2D eigenvalue weighted by atomic mass is 15.4. The van der Waals surface area contributed by atoms with E-state index in [9.17, 15) is 0 Å². The molecule has 0 aliphatic rings. The summed E-state index contributed by atoms with van der Waals surface area (Å²) in [6.45, 7) is 7.28. The van der Waals surface area contributed by atoms with Crippen LogP contribution in [0.15, 0.2) is 12.7 Å². The van der Waals surface area contributed by atoms with Crippen LogP contribution in [0.5, 0.6) is 0 Å². The first-order valence-corrected chi connectivity index (χ1v) is 6.41. The number of hydrazine groups is 1. The molecule has 0 saturated carbocycles. The van der Waals surface area contributed by atoms with Crippen LogP contribution in [-0.2, 0) is 0 Å². The number of rotatable bonds is 6. The van der Waals surface area contributed by atoms with E-state index in [1.165, 1.54) is 17.3 Å². The predicted molar refractivity (Wildman–Crippen MR) is 75.0 cm³/mol. The van der Waals surface area contributed by atoms with Crippen LogP contribution in [0.3, 0.4) is 0 Å². The lowest BCUT2D eigenvalue weighted by Gasteiger charge is -2.16. The molecule has 2 rings (SSSR count). The summed E-state index contributed by atoms with van der Waals surface area (Å²) in [5, 5.41) is 7.17. The van der Waals surface area contributed by atoms with E-state index in [1.54, 1.807) is 0 Å². The normalized spacial score (nSPS) is 12.4. The number of nitrogens with one attached hydrogen (secondary N) is 2. The maximum absolute atomic E-state index is 5.37. The molecule has 20 heavy (non-hydrogen) atoms. The Morgan fingerprint density at radius 2 is 1.95 bits per heavy atom. The second-order valence-electron chi connectivity index (χ2n) is 4.87. The summed E-state index contributed by atoms with van der Waals surface area (Å²) in [6.07, 6.45) is 2.92. The molecule has 2 heterocycles. The number of hydrogen-bond acceptors (Lipinski definition) is 8. The van der Waals surface area contributed by atoms with E-state index in [-0.39, 0.29) is 5.95 Å². The van der Waals surface area contributed by atoms with Gasteiger partial charge in [-0.3, -0.25) is 5.43 Å². The van der Waals surface area contributed by atoms with Crippen molar-refractivity contribution in [1.29, 1.82) is 0 Å². The van der Waals surface area contributed by atoms with Crippen LogP contribution in [0.2, 0.25) is 0 Å². The number of aromatic nitrogens is 6. The van der Waals surface area contributed by atoms with E-state index in [1.807, 2.05) is 0 Å². The monoisotopic (exact) mass is 277 g/mol. The van der Waals surface area contributed by atoms with Gasteiger partial charge >= 0.3 is 0 Å². The second-order valence-corrected chi connectivity index (χ2v) is 4.87. The minimum atomic E-state index is 0.269. The largest absolute Gasteiger partial charge is 0.354 e. The second kappa shape index (κ2) is 6.24. The maximum Gasteiger partial charge on any atom is 0.258 e. The number of nitrogens with zero attached hydrogens (tertiary/aromatic N) is 6. The third-order valence-corrected chi connectivity index (χ3v) is 3.10. The molecule has 0 fully saturated rings. The molecule has 0 radical (unpaired) electrons. The van der Waals surface area contributed by atoms with Crippen molar-refractivity contribution >= 4 is 11.9 Å². The number of anilines is 2. The molecule has 9 heteroatoms. The molecule has 2 aromatic heterocycles. The lowest BCUT2D eigenvalue weighted by Crippen LogP contribution is -2.20. The minimum Gasteiger partial charge on any atom is -0.354 e. The molecule has 0 bridgehead atoms. The quantitative estimate of drug-likeness (QED) is 0.514. The first kappa shape index (κ1) is 14.1. The van der Waals surface area contributed by atoms with Crippen molar-refractivity contribution in [2.24, 2.45) is 17.7 Å². The van der Waals surface area contributed by atoms with Gasteiger partial charge in [0, 0.05) is 6.54 Å². The Kier molecular flexibility index (Phi) is 4.41. The number of nitrogens with two attached hydrogens (primary N) is 1. The molecule has 4 N–H and O–H groups in total. The summed E-state index contributed by atoms with van der Waals surface area (Å²) in [6, 6.07) is 0. The van der Waals surface area contributed by atoms with E-state index < -0.39 is 0 Å². The molecule has 0 aromatic carbocycles. The van der Waals surface area contributed by atoms with Gasteiger partial charge in [0.15, 0.2) is 0 Å². The Labute approximate surface area is 117 Å². The van der Waals surface area contributed by atoms with Crippen molar-refractivity contribution in [3.8, 4) is 5.95 Å². The highest BCUT2D eigenvalue weighted by Gasteiger charge is 2.11. The topological polar surface area (TPSA) is 119 Å². The van der Waals surface area contributed by atoms with Crippen LogP contribution in [0.4, 0.5) is 11.9 Å². The van der Waals surface area contributed by atoms with Gasteiger partial charge < -0.3 is 5.32 Å². The Hall–Kier alpha value is -2.29. The first-order valence-electron chi connectivity index (χ1n) is 6.41. The summed E-state index contributed by atoms with van der Waals surface area (Å²) < 4.78 is 1.44. The van der Waals surface area contributed by atoms with Gasteiger partial charge in [-0.1, -0.05) is 20.8 Å². The molecule has 108 valence electrons. The summed E-state index contributed by atoms with van der Waals surface area (Å²) in [5.74, 6) is 7.51. The fourth-order valence-electron chi connectivity index (χ4n) is 1.41. The highest BCUT2D eigenvalue weighted by molar-refractivity contribution is 5.36. The zero-order valence-corrected chi connectivity index (χ0v) is 11.8. The molecule has 0 spiro atoms. The van der Waals surface area contributed by atoms with Gasteiger partial charge in [0.1, 0.15) is 12.7 Å². The lowest BCUT2D eigenvalue weighted by atomic mass is 9.98. The molecule has 1 unspecified atom stereocenters. The van der Waals surface area contributed by atoms with Gasteiger partial charge in [-0.2, -0.15) is 24.7 Å². The molecule has 0 aliphatic carbocycles. The van der Waals surface area contributed by atoms with Gasteiger partial charge in [-0.15, -0.1) is 0 Å². The average molecular weight is 277 g/mol. The van der Waals surface area contributed by atoms with E-state index in [0.29, 0.717) is 23.7 Å². The number of nitrogen functional groups attached to an aromatic ring is 1.